The van der Waals surface area contributed by atoms with Crippen LogP contribution in [0.3, 0.4) is 0 Å². The Labute approximate surface area is 173 Å². The summed E-state index contributed by atoms with van der Waals surface area (Å²) in [6.45, 7) is 3.48. The number of nitrogens with zero attached hydrogens (tertiary/aromatic N) is 1. The monoisotopic (exact) mass is 414 g/mol. The molecule has 3 aromatic rings. The highest BCUT2D eigenvalue weighted by Gasteiger charge is 2.24. The third kappa shape index (κ3) is 4.07. The van der Waals surface area contributed by atoms with E-state index in [1.807, 2.05) is 6.92 Å². The lowest BCUT2D eigenvalue weighted by Gasteiger charge is -2.19. The fraction of sp³-hybridized carbons (Fsp3) is 0.273. The Morgan fingerprint density at radius 1 is 1.07 bits per heavy atom. The Balaban J connectivity index is 1.90. The molecule has 2 aromatic carbocycles. The zero-order chi connectivity index (χ0) is 21.8. The highest BCUT2D eigenvalue weighted by Crippen LogP contribution is 2.39. The molecule has 0 spiro atoms. The number of carbonyl (C=O) groups excluding carboxylic acids is 1. The van der Waals surface area contributed by atoms with Gasteiger partial charge in [0.2, 0.25) is 5.75 Å². The van der Waals surface area contributed by atoms with Crippen molar-refractivity contribution in [2.24, 2.45) is 0 Å². The second-order valence-electron chi connectivity index (χ2n) is 6.62. The SMILES string of the molecule is COc1cc([C@@H](C)NC(=O)c2c(-c3ccc(F)cc3)noc2C)cc(OC)c1OC. The summed E-state index contributed by atoms with van der Waals surface area (Å²) in [6, 6.07) is 8.86. The van der Waals surface area contributed by atoms with Crippen LogP contribution < -0.4 is 19.5 Å². The molecule has 0 aliphatic rings. The van der Waals surface area contributed by atoms with Gasteiger partial charge in [-0.2, -0.15) is 0 Å². The normalized spacial score (nSPS) is 11.7. The molecule has 0 aliphatic carbocycles. The average molecular weight is 414 g/mol. The van der Waals surface area contributed by atoms with E-state index in [4.69, 9.17) is 18.7 Å². The largest absolute Gasteiger partial charge is 0.493 e. The van der Waals surface area contributed by atoms with Gasteiger partial charge < -0.3 is 24.1 Å². The molecule has 0 bridgehead atoms. The molecule has 8 heteroatoms. The first-order valence-electron chi connectivity index (χ1n) is 9.22. The molecule has 1 aromatic heterocycles. The molecule has 7 nitrogen and oxygen atoms in total. The fourth-order valence-electron chi connectivity index (χ4n) is 3.15. The number of halogens is 1. The van der Waals surface area contributed by atoms with Crippen molar-refractivity contribution in [3.63, 3.8) is 0 Å². The van der Waals surface area contributed by atoms with E-state index < -0.39 is 0 Å². The van der Waals surface area contributed by atoms with Crippen molar-refractivity contribution in [1.29, 1.82) is 0 Å². The number of nitrogens with one attached hydrogen (secondary N) is 1. The molecule has 158 valence electrons. The standard InChI is InChI=1S/C22H23FN2O5/c1-12(15-10-17(27-3)21(29-5)18(11-15)28-4)24-22(26)19-13(2)30-25-20(19)14-6-8-16(23)9-7-14/h6-12H,1-5H3,(H,24,26)/t12-/m1/s1. The number of rotatable bonds is 7. The molecule has 30 heavy (non-hydrogen) atoms. The molecule has 0 radical (unpaired) electrons. The smallest absolute Gasteiger partial charge is 0.257 e. The van der Waals surface area contributed by atoms with Crippen LogP contribution in [0.5, 0.6) is 17.2 Å². The Hall–Kier alpha value is -3.55. The van der Waals surface area contributed by atoms with Crippen LogP contribution in [0.4, 0.5) is 4.39 Å². The van der Waals surface area contributed by atoms with E-state index in [1.165, 1.54) is 33.5 Å². The van der Waals surface area contributed by atoms with Crippen LogP contribution in [0, 0.1) is 12.7 Å². The van der Waals surface area contributed by atoms with E-state index in [0.717, 1.165) is 5.56 Å². The molecule has 0 saturated heterocycles. The van der Waals surface area contributed by atoms with Crippen molar-refractivity contribution in [3.8, 4) is 28.5 Å². The van der Waals surface area contributed by atoms with Crippen molar-refractivity contribution in [2.45, 2.75) is 19.9 Å². The van der Waals surface area contributed by atoms with Gasteiger partial charge in [-0.15, -0.1) is 0 Å². The second kappa shape index (κ2) is 8.86. The lowest BCUT2D eigenvalue weighted by atomic mass is 10.0. The van der Waals surface area contributed by atoms with Gasteiger partial charge in [0.15, 0.2) is 11.5 Å². The van der Waals surface area contributed by atoms with Crippen molar-refractivity contribution in [2.75, 3.05) is 21.3 Å². The molecule has 0 unspecified atom stereocenters. The molecule has 1 N–H and O–H groups in total. The number of hydrogen-bond acceptors (Lipinski definition) is 6. The Morgan fingerprint density at radius 2 is 1.67 bits per heavy atom. The van der Waals surface area contributed by atoms with Gasteiger partial charge in [-0.1, -0.05) is 5.16 Å². The topological polar surface area (TPSA) is 82.8 Å². The average Bonchev–Trinajstić information content (AvgIpc) is 3.14. The van der Waals surface area contributed by atoms with Gasteiger partial charge in [0.1, 0.15) is 22.8 Å². The van der Waals surface area contributed by atoms with E-state index in [-0.39, 0.29) is 17.8 Å². The van der Waals surface area contributed by atoms with Gasteiger partial charge in [-0.3, -0.25) is 4.79 Å². The maximum atomic E-state index is 13.3. The summed E-state index contributed by atoms with van der Waals surface area (Å²) < 4.78 is 34.6. The summed E-state index contributed by atoms with van der Waals surface area (Å²) in [7, 11) is 4.58. The highest BCUT2D eigenvalue weighted by atomic mass is 19.1. The first kappa shape index (κ1) is 21.2. The Kier molecular flexibility index (Phi) is 6.25. The van der Waals surface area contributed by atoms with Gasteiger partial charge in [0, 0.05) is 5.56 Å². The number of aryl methyl sites for hydroxylation is 1. The lowest BCUT2D eigenvalue weighted by molar-refractivity contribution is 0.0938. The summed E-state index contributed by atoms with van der Waals surface area (Å²) in [5, 5.41) is 6.92. The van der Waals surface area contributed by atoms with Gasteiger partial charge in [0.25, 0.3) is 5.91 Å². The highest BCUT2D eigenvalue weighted by molar-refractivity contribution is 6.01. The molecule has 1 amide bonds. The number of aromatic nitrogens is 1. The van der Waals surface area contributed by atoms with Crippen molar-refractivity contribution in [3.05, 3.63) is 59.1 Å². The van der Waals surface area contributed by atoms with Crippen molar-refractivity contribution >= 4 is 5.91 Å². The van der Waals surface area contributed by atoms with Crippen molar-refractivity contribution in [1.82, 2.24) is 10.5 Å². The zero-order valence-electron chi connectivity index (χ0n) is 17.4. The van der Waals surface area contributed by atoms with Crippen LogP contribution in [-0.4, -0.2) is 32.4 Å². The number of amides is 1. The summed E-state index contributed by atoms with van der Waals surface area (Å²) in [4.78, 5) is 13.0. The number of hydrogen-bond donors (Lipinski definition) is 1. The zero-order valence-corrected chi connectivity index (χ0v) is 17.4. The van der Waals surface area contributed by atoms with Gasteiger partial charge in [-0.05, 0) is 55.8 Å². The van der Waals surface area contributed by atoms with Crippen LogP contribution in [0.25, 0.3) is 11.3 Å². The van der Waals surface area contributed by atoms with Crippen LogP contribution in [0.15, 0.2) is 40.9 Å². The quantitative estimate of drug-likeness (QED) is 0.621. The maximum Gasteiger partial charge on any atom is 0.257 e. The minimum Gasteiger partial charge on any atom is -0.493 e. The third-order valence-electron chi connectivity index (χ3n) is 4.74. The minimum atomic E-state index is -0.387. The molecule has 0 fully saturated rings. The number of benzene rings is 2. The van der Waals surface area contributed by atoms with E-state index in [9.17, 15) is 9.18 Å². The van der Waals surface area contributed by atoms with Crippen LogP contribution in [-0.2, 0) is 0 Å². The summed E-state index contributed by atoms with van der Waals surface area (Å²) in [5.74, 6) is 1.07. The lowest BCUT2D eigenvalue weighted by Crippen LogP contribution is -2.27. The molecular weight excluding hydrogens is 391 g/mol. The summed E-state index contributed by atoms with van der Waals surface area (Å²) in [5.41, 5.74) is 1.98. The molecule has 3 rings (SSSR count). The predicted octanol–water partition coefficient (Wildman–Crippen LogP) is 4.31. The van der Waals surface area contributed by atoms with Crippen LogP contribution in [0.1, 0.15) is 34.6 Å². The van der Waals surface area contributed by atoms with Crippen molar-refractivity contribution < 1.29 is 27.9 Å². The Bertz CT molecular complexity index is 1020. The van der Waals surface area contributed by atoms with E-state index >= 15 is 0 Å². The number of ether oxygens (including phenoxy) is 3. The number of methoxy groups -OCH3 is 3. The summed E-state index contributed by atoms with van der Waals surface area (Å²) in [6.07, 6.45) is 0. The molecule has 0 saturated carbocycles. The van der Waals surface area contributed by atoms with Gasteiger partial charge >= 0.3 is 0 Å². The van der Waals surface area contributed by atoms with E-state index in [2.05, 4.69) is 10.5 Å². The molecule has 0 aliphatic heterocycles. The molecular formula is C22H23FN2O5. The first-order valence-corrected chi connectivity index (χ1v) is 9.22. The number of carbonyl (C=O) groups is 1. The van der Waals surface area contributed by atoms with Crippen LogP contribution in [0.2, 0.25) is 0 Å². The Morgan fingerprint density at radius 3 is 2.20 bits per heavy atom. The van der Waals surface area contributed by atoms with E-state index in [1.54, 1.807) is 31.2 Å². The van der Waals surface area contributed by atoms with Gasteiger partial charge in [0.05, 0.1) is 27.4 Å². The summed E-state index contributed by atoms with van der Waals surface area (Å²) >= 11 is 0. The fourth-order valence-corrected chi connectivity index (χ4v) is 3.15. The maximum absolute atomic E-state index is 13.3. The first-order chi connectivity index (χ1) is 14.4. The van der Waals surface area contributed by atoms with Gasteiger partial charge in [-0.25, -0.2) is 4.39 Å². The molecule has 1 atom stereocenters. The minimum absolute atomic E-state index is 0.292. The predicted molar refractivity (Wildman–Crippen MR) is 109 cm³/mol. The third-order valence-corrected chi connectivity index (χ3v) is 4.74. The second-order valence-corrected chi connectivity index (χ2v) is 6.62. The molecule has 1 heterocycles. The van der Waals surface area contributed by atoms with Crippen LogP contribution >= 0.6 is 0 Å². The van der Waals surface area contributed by atoms with E-state index in [0.29, 0.717) is 39.8 Å².